The van der Waals surface area contributed by atoms with Crippen LogP contribution < -0.4 is 0 Å². The van der Waals surface area contributed by atoms with E-state index in [9.17, 15) is 4.55 Å². The van der Waals surface area contributed by atoms with Crippen LogP contribution in [-0.4, -0.2) is 4.55 Å². The van der Waals surface area contributed by atoms with Gasteiger partial charge in [-0.15, -0.1) is 0 Å². The van der Waals surface area contributed by atoms with Gasteiger partial charge in [-0.2, -0.15) is 0 Å². The highest BCUT2D eigenvalue weighted by Crippen LogP contribution is 2.23. The molecule has 1 unspecified atom stereocenters. The predicted molar refractivity (Wildman–Crippen MR) is 40.8 cm³/mol. The van der Waals surface area contributed by atoms with Gasteiger partial charge in [-0.05, 0) is 23.3 Å². The summed E-state index contributed by atoms with van der Waals surface area (Å²) < 4.78 is 11.0. The van der Waals surface area contributed by atoms with Crippen LogP contribution in [0.2, 0.25) is 0 Å². The third kappa shape index (κ3) is 0.935. The molecule has 0 amide bonds. The lowest BCUT2D eigenvalue weighted by Gasteiger charge is -1.97. The molecule has 2 rings (SSSR count). The van der Waals surface area contributed by atoms with Gasteiger partial charge in [-0.25, -0.2) is 0 Å². The van der Waals surface area contributed by atoms with Gasteiger partial charge < -0.3 is 4.55 Å². The first-order chi connectivity index (χ1) is 4.86. The highest BCUT2D eigenvalue weighted by molar-refractivity contribution is 7.90. The average molecular weight is 151 g/mol. The summed E-state index contributed by atoms with van der Waals surface area (Å²) in [7, 11) is 0. The van der Waals surface area contributed by atoms with Crippen LogP contribution in [-0.2, 0) is 22.7 Å². The molecule has 0 saturated heterocycles. The van der Waals surface area contributed by atoms with Crippen LogP contribution >= 0.6 is 0 Å². The van der Waals surface area contributed by atoms with Crippen molar-refractivity contribution in [3.8, 4) is 0 Å². The first kappa shape index (κ1) is 6.25. The number of benzene rings is 1. The summed E-state index contributed by atoms with van der Waals surface area (Å²) in [6.07, 6.45) is 0. The van der Waals surface area contributed by atoms with E-state index in [4.69, 9.17) is 0 Å². The molecule has 1 radical (unpaired) electrons. The van der Waals surface area contributed by atoms with E-state index in [0.717, 1.165) is 11.5 Å². The van der Waals surface area contributed by atoms with Crippen LogP contribution in [0.15, 0.2) is 18.2 Å². The van der Waals surface area contributed by atoms with Crippen molar-refractivity contribution >= 4 is 11.2 Å². The molecule has 0 fully saturated rings. The van der Waals surface area contributed by atoms with Crippen LogP contribution in [0.1, 0.15) is 11.1 Å². The molecule has 10 heavy (non-hydrogen) atoms. The fourth-order valence-corrected chi connectivity index (χ4v) is 2.52. The van der Waals surface area contributed by atoms with E-state index in [0.29, 0.717) is 0 Å². The largest absolute Gasteiger partial charge is 0.616 e. The zero-order valence-electron chi connectivity index (χ0n) is 5.46. The summed E-state index contributed by atoms with van der Waals surface area (Å²) in [4.78, 5) is 0. The zero-order chi connectivity index (χ0) is 6.97. The van der Waals surface area contributed by atoms with Crippen LogP contribution in [0.3, 0.4) is 0 Å². The van der Waals surface area contributed by atoms with Gasteiger partial charge in [0.25, 0.3) is 0 Å². The fourth-order valence-electron chi connectivity index (χ4n) is 1.17. The Labute approximate surface area is 63.2 Å². The van der Waals surface area contributed by atoms with Crippen LogP contribution in [0.25, 0.3) is 0 Å². The van der Waals surface area contributed by atoms with Crippen LogP contribution in [0, 0.1) is 6.07 Å². The van der Waals surface area contributed by atoms with Crippen molar-refractivity contribution in [1.82, 2.24) is 0 Å². The molecule has 1 aromatic rings. The molecule has 1 aliphatic rings. The summed E-state index contributed by atoms with van der Waals surface area (Å²) in [6.45, 7) is 0. The standard InChI is InChI=1S/C8H7OS/c9-10-5-7-3-1-2-4-8(7)6-10/h1,3-4H,5-6H2. The first-order valence-electron chi connectivity index (χ1n) is 3.19. The lowest BCUT2D eigenvalue weighted by molar-refractivity contribution is 0.597. The molecule has 0 saturated carbocycles. The summed E-state index contributed by atoms with van der Waals surface area (Å²) in [6, 6.07) is 8.79. The van der Waals surface area contributed by atoms with Crippen molar-refractivity contribution in [3.05, 3.63) is 35.4 Å². The average Bonchev–Trinajstić information content (AvgIpc) is 2.27. The second kappa shape index (κ2) is 2.29. The molecule has 0 bridgehead atoms. The molecule has 0 aromatic heterocycles. The summed E-state index contributed by atoms with van der Waals surface area (Å²) in [5.74, 6) is 1.47. The number of rotatable bonds is 0. The van der Waals surface area contributed by atoms with Gasteiger partial charge >= 0.3 is 0 Å². The molecular weight excluding hydrogens is 144 g/mol. The third-order valence-electron chi connectivity index (χ3n) is 1.68. The van der Waals surface area contributed by atoms with Crippen LogP contribution in [0.5, 0.6) is 0 Å². The summed E-state index contributed by atoms with van der Waals surface area (Å²) >= 11 is -0.639. The van der Waals surface area contributed by atoms with Crippen LogP contribution in [0.4, 0.5) is 0 Å². The smallest absolute Gasteiger partial charge is 0.131 e. The normalized spacial score (nSPS) is 17.3. The highest BCUT2D eigenvalue weighted by atomic mass is 32.2. The maximum atomic E-state index is 11.0. The number of hydrogen-bond donors (Lipinski definition) is 0. The van der Waals surface area contributed by atoms with Crippen molar-refractivity contribution in [1.29, 1.82) is 0 Å². The molecule has 2 heteroatoms. The van der Waals surface area contributed by atoms with Crippen molar-refractivity contribution in [3.63, 3.8) is 0 Å². The lowest BCUT2D eigenvalue weighted by Crippen LogP contribution is -1.95. The lowest BCUT2D eigenvalue weighted by atomic mass is 10.1. The maximum Gasteiger partial charge on any atom is 0.131 e. The van der Waals surface area contributed by atoms with Crippen molar-refractivity contribution in [2.75, 3.05) is 0 Å². The SMILES string of the molecule is [O-][S+]1Cc2c[c]ccc2C1. The van der Waals surface area contributed by atoms with E-state index in [1.54, 1.807) is 0 Å². The van der Waals surface area contributed by atoms with Crippen molar-refractivity contribution in [2.24, 2.45) is 0 Å². The van der Waals surface area contributed by atoms with Gasteiger partial charge in [-0.3, -0.25) is 0 Å². The van der Waals surface area contributed by atoms with Gasteiger partial charge in [0.1, 0.15) is 11.5 Å². The Balaban J connectivity index is 2.42. The number of fused-ring (bicyclic) bond motifs is 1. The Morgan fingerprint density at radius 3 is 3.00 bits per heavy atom. The monoisotopic (exact) mass is 151 g/mol. The van der Waals surface area contributed by atoms with E-state index in [1.165, 1.54) is 11.1 Å². The van der Waals surface area contributed by atoms with Gasteiger partial charge in [-0.1, -0.05) is 12.1 Å². The van der Waals surface area contributed by atoms with E-state index in [1.807, 2.05) is 18.2 Å². The minimum absolute atomic E-state index is 0.639. The quantitative estimate of drug-likeness (QED) is 0.512. The van der Waals surface area contributed by atoms with E-state index in [-0.39, 0.29) is 0 Å². The Bertz CT molecular complexity index is 222. The van der Waals surface area contributed by atoms with Gasteiger partial charge in [0.05, 0.1) is 0 Å². The Morgan fingerprint density at radius 2 is 2.20 bits per heavy atom. The molecule has 0 aliphatic carbocycles. The minimum Gasteiger partial charge on any atom is -0.616 e. The predicted octanol–water partition coefficient (Wildman–Crippen LogP) is 1.25. The van der Waals surface area contributed by atoms with Crippen molar-refractivity contribution in [2.45, 2.75) is 11.5 Å². The molecule has 0 spiro atoms. The molecule has 51 valence electrons. The Morgan fingerprint density at radius 1 is 1.40 bits per heavy atom. The van der Waals surface area contributed by atoms with Gasteiger partial charge in [0.15, 0.2) is 0 Å². The third-order valence-corrected chi connectivity index (χ3v) is 2.95. The highest BCUT2D eigenvalue weighted by Gasteiger charge is 2.20. The molecule has 0 N–H and O–H groups in total. The Hall–Kier alpha value is -0.470. The Kier molecular flexibility index (Phi) is 1.43. The van der Waals surface area contributed by atoms with Crippen molar-refractivity contribution < 1.29 is 4.55 Å². The first-order valence-corrected chi connectivity index (χ1v) is 4.68. The molecule has 1 heterocycles. The summed E-state index contributed by atoms with van der Waals surface area (Å²) in [5, 5.41) is 0. The van der Waals surface area contributed by atoms with E-state index in [2.05, 4.69) is 6.07 Å². The minimum atomic E-state index is -0.639. The molecular formula is C8H7OS. The summed E-state index contributed by atoms with van der Waals surface area (Å²) in [5.41, 5.74) is 2.44. The number of hydrogen-bond acceptors (Lipinski definition) is 1. The molecule has 1 atom stereocenters. The molecule has 1 aliphatic heterocycles. The fraction of sp³-hybridized carbons (Fsp3) is 0.250. The zero-order valence-corrected chi connectivity index (χ0v) is 6.28. The molecule has 1 nitrogen and oxygen atoms in total. The van der Waals surface area contributed by atoms with Gasteiger partial charge in [0, 0.05) is 11.1 Å². The maximum absolute atomic E-state index is 11.0. The van der Waals surface area contributed by atoms with E-state index < -0.39 is 11.2 Å². The second-order valence-corrected chi connectivity index (χ2v) is 3.88. The molecule has 1 aromatic carbocycles. The van der Waals surface area contributed by atoms with E-state index >= 15 is 0 Å². The second-order valence-electron chi connectivity index (χ2n) is 2.42. The topological polar surface area (TPSA) is 23.1 Å². The van der Waals surface area contributed by atoms with Gasteiger partial charge in [0.2, 0.25) is 0 Å².